The Morgan fingerprint density at radius 1 is 1.32 bits per heavy atom. The molecule has 0 radical (unpaired) electrons. The lowest BCUT2D eigenvalue weighted by atomic mass is 10.1. The van der Waals surface area contributed by atoms with Crippen LogP contribution in [0.3, 0.4) is 0 Å². The summed E-state index contributed by atoms with van der Waals surface area (Å²) >= 11 is 0. The number of oxime groups is 1. The summed E-state index contributed by atoms with van der Waals surface area (Å²) in [5, 5.41) is 15.7. The number of ether oxygens (including phenoxy) is 2. The van der Waals surface area contributed by atoms with Crippen molar-refractivity contribution in [2.75, 3.05) is 36.0 Å². The van der Waals surface area contributed by atoms with Gasteiger partial charge in [-0.05, 0) is 23.4 Å². The van der Waals surface area contributed by atoms with Crippen LogP contribution in [0.5, 0.6) is 5.88 Å². The highest BCUT2D eigenvalue weighted by atomic mass is 19.1. The number of amides is 1. The van der Waals surface area contributed by atoms with Gasteiger partial charge in [0.25, 0.3) is 5.88 Å². The molecule has 2 aliphatic heterocycles. The zero-order valence-electron chi connectivity index (χ0n) is 15.0. The zero-order chi connectivity index (χ0) is 19.5. The van der Waals surface area contributed by atoms with E-state index in [9.17, 15) is 9.18 Å². The lowest BCUT2D eigenvalue weighted by Gasteiger charge is -2.29. The second-order valence-electron chi connectivity index (χ2n) is 6.55. The average Bonchev–Trinajstić information content (AvgIpc) is 3.36. The molecule has 4 rings (SSSR count). The van der Waals surface area contributed by atoms with Gasteiger partial charge in [0.1, 0.15) is 18.7 Å². The molecule has 3 heterocycles. The summed E-state index contributed by atoms with van der Waals surface area (Å²) in [6.07, 6.45) is 1.51. The number of hydrogen-bond donors (Lipinski definition) is 1. The summed E-state index contributed by atoms with van der Waals surface area (Å²) in [5.41, 5.74) is 1.59. The molecule has 0 bridgehead atoms. The highest BCUT2D eigenvalue weighted by Crippen LogP contribution is 2.29. The highest BCUT2D eigenvalue weighted by molar-refractivity contribution is 5.90. The topological polar surface area (TPSA) is 101 Å². The summed E-state index contributed by atoms with van der Waals surface area (Å²) in [4.78, 5) is 15.4. The Labute approximate surface area is 159 Å². The molecule has 2 aliphatic rings. The fourth-order valence-corrected chi connectivity index (χ4v) is 3.30. The van der Waals surface area contributed by atoms with E-state index in [0.29, 0.717) is 48.9 Å². The Kier molecular flexibility index (Phi) is 5.00. The van der Waals surface area contributed by atoms with E-state index in [1.807, 2.05) is 4.90 Å². The first-order valence-corrected chi connectivity index (χ1v) is 8.89. The number of halogens is 1. The number of cyclic esters (lactones) is 1. The number of carbonyl (C=O) groups is 1. The molecule has 1 N–H and O–H groups in total. The van der Waals surface area contributed by atoms with E-state index in [-0.39, 0.29) is 13.2 Å². The normalized spacial score (nSPS) is 19.7. The van der Waals surface area contributed by atoms with Crippen LogP contribution in [0, 0.1) is 5.82 Å². The predicted molar refractivity (Wildman–Crippen MR) is 96.7 cm³/mol. The van der Waals surface area contributed by atoms with Crippen molar-refractivity contribution in [1.29, 1.82) is 0 Å². The van der Waals surface area contributed by atoms with Gasteiger partial charge in [-0.1, -0.05) is 5.16 Å². The Bertz CT molecular complexity index is 863. The summed E-state index contributed by atoms with van der Waals surface area (Å²) in [5.74, 6) is -0.113. The summed E-state index contributed by atoms with van der Waals surface area (Å²) < 4.78 is 30.0. The van der Waals surface area contributed by atoms with Crippen molar-refractivity contribution in [2.24, 2.45) is 5.16 Å². The lowest BCUT2D eigenvalue weighted by Crippen LogP contribution is -2.34. The van der Waals surface area contributed by atoms with Gasteiger partial charge in [-0.25, -0.2) is 9.18 Å². The van der Waals surface area contributed by atoms with Gasteiger partial charge in [0.15, 0.2) is 6.10 Å². The van der Waals surface area contributed by atoms with E-state index in [1.54, 1.807) is 18.2 Å². The minimum atomic E-state index is -0.553. The van der Waals surface area contributed by atoms with E-state index in [2.05, 4.69) is 14.8 Å². The molecule has 2 aromatic rings. The van der Waals surface area contributed by atoms with Crippen molar-refractivity contribution in [2.45, 2.75) is 18.9 Å². The number of piperidine rings is 1. The minimum Gasteiger partial charge on any atom is -0.471 e. The molecule has 10 heteroatoms. The van der Waals surface area contributed by atoms with Crippen LogP contribution in [0.1, 0.15) is 12.8 Å². The van der Waals surface area contributed by atoms with Crippen molar-refractivity contribution >= 4 is 23.2 Å². The molecule has 1 aromatic heterocycles. The predicted octanol–water partition coefficient (Wildman–Crippen LogP) is 2.65. The van der Waals surface area contributed by atoms with Gasteiger partial charge in [-0.15, -0.1) is 0 Å². The smallest absolute Gasteiger partial charge is 0.414 e. The Balaban J connectivity index is 1.40. The SMILES string of the molecule is O=C1OC(COc2ccon2)CN1c1ccc(N2CCC(=NO)CC2)c(F)c1. The third-order valence-corrected chi connectivity index (χ3v) is 4.77. The van der Waals surface area contributed by atoms with Crippen molar-refractivity contribution in [1.82, 2.24) is 5.16 Å². The first kappa shape index (κ1) is 18.1. The van der Waals surface area contributed by atoms with Crippen LogP contribution in [0.4, 0.5) is 20.6 Å². The largest absolute Gasteiger partial charge is 0.471 e. The molecule has 28 heavy (non-hydrogen) atoms. The van der Waals surface area contributed by atoms with Gasteiger partial charge < -0.3 is 24.1 Å². The molecule has 1 aromatic carbocycles. The second kappa shape index (κ2) is 7.75. The van der Waals surface area contributed by atoms with Crippen molar-refractivity contribution < 1.29 is 28.4 Å². The molecule has 2 fully saturated rings. The van der Waals surface area contributed by atoms with E-state index >= 15 is 0 Å². The third kappa shape index (κ3) is 3.71. The van der Waals surface area contributed by atoms with Gasteiger partial charge in [0, 0.05) is 32.0 Å². The maximum atomic E-state index is 14.7. The van der Waals surface area contributed by atoms with Crippen LogP contribution in [-0.2, 0) is 4.74 Å². The summed E-state index contributed by atoms with van der Waals surface area (Å²) in [7, 11) is 0. The molecule has 148 valence electrons. The summed E-state index contributed by atoms with van der Waals surface area (Å²) in [6.45, 7) is 1.51. The van der Waals surface area contributed by atoms with Crippen LogP contribution >= 0.6 is 0 Å². The molecule has 1 unspecified atom stereocenters. The zero-order valence-corrected chi connectivity index (χ0v) is 15.0. The minimum absolute atomic E-state index is 0.123. The number of anilines is 2. The molecule has 0 aliphatic carbocycles. The molecular formula is C18H19FN4O5. The summed E-state index contributed by atoms with van der Waals surface area (Å²) in [6, 6.07) is 6.22. The van der Waals surface area contributed by atoms with Crippen molar-refractivity contribution in [3.8, 4) is 5.88 Å². The first-order chi connectivity index (χ1) is 13.6. The number of nitrogens with zero attached hydrogens (tertiary/aromatic N) is 4. The number of rotatable bonds is 5. The van der Waals surface area contributed by atoms with E-state index < -0.39 is 18.0 Å². The van der Waals surface area contributed by atoms with E-state index in [4.69, 9.17) is 14.7 Å². The highest BCUT2D eigenvalue weighted by Gasteiger charge is 2.33. The molecular weight excluding hydrogens is 371 g/mol. The van der Waals surface area contributed by atoms with Crippen LogP contribution in [-0.4, -0.2) is 54.5 Å². The fourth-order valence-electron chi connectivity index (χ4n) is 3.30. The van der Waals surface area contributed by atoms with Gasteiger partial charge >= 0.3 is 6.09 Å². The number of benzene rings is 1. The molecule has 0 spiro atoms. The van der Waals surface area contributed by atoms with Gasteiger partial charge in [-0.2, -0.15) is 0 Å². The maximum Gasteiger partial charge on any atom is 0.414 e. The van der Waals surface area contributed by atoms with E-state index in [0.717, 1.165) is 0 Å². The van der Waals surface area contributed by atoms with Crippen LogP contribution in [0.15, 0.2) is 40.2 Å². The third-order valence-electron chi connectivity index (χ3n) is 4.77. The van der Waals surface area contributed by atoms with Crippen LogP contribution in [0.2, 0.25) is 0 Å². The standard InChI is InChI=1S/C18H19FN4O5/c19-15-9-13(1-2-16(15)22-6-3-12(20-25)4-7-22)23-10-14(28-18(23)24)11-26-17-5-8-27-21-17/h1-2,5,8-9,14,25H,3-4,6-7,10-11H2. The molecule has 2 saturated heterocycles. The monoisotopic (exact) mass is 390 g/mol. The Morgan fingerprint density at radius 2 is 2.14 bits per heavy atom. The number of aromatic nitrogens is 1. The quantitative estimate of drug-likeness (QED) is 0.619. The van der Waals surface area contributed by atoms with Crippen LogP contribution in [0.25, 0.3) is 0 Å². The van der Waals surface area contributed by atoms with Gasteiger partial charge in [-0.3, -0.25) is 4.90 Å². The van der Waals surface area contributed by atoms with Crippen molar-refractivity contribution in [3.05, 3.63) is 36.3 Å². The molecule has 9 nitrogen and oxygen atoms in total. The lowest BCUT2D eigenvalue weighted by molar-refractivity contribution is 0.102. The fraction of sp³-hybridized carbons (Fsp3) is 0.389. The van der Waals surface area contributed by atoms with Gasteiger partial charge in [0.2, 0.25) is 0 Å². The van der Waals surface area contributed by atoms with Gasteiger partial charge in [0.05, 0.1) is 23.6 Å². The number of carbonyl (C=O) groups excluding carboxylic acids is 1. The Morgan fingerprint density at radius 3 is 2.82 bits per heavy atom. The van der Waals surface area contributed by atoms with Crippen LogP contribution < -0.4 is 14.5 Å². The number of hydrogen-bond acceptors (Lipinski definition) is 8. The Hall–Kier alpha value is -3.30. The first-order valence-electron chi connectivity index (χ1n) is 8.89. The second-order valence-corrected chi connectivity index (χ2v) is 6.55. The molecule has 1 atom stereocenters. The van der Waals surface area contributed by atoms with E-state index in [1.165, 1.54) is 17.2 Å². The van der Waals surface area contributed by atoms with Crippen molar-refractivity contribution in [3.63, 3.8) is 0 Å². The average molecular weight is 390 g/mol. The molecule has 0 saturated carbocycles. The maximum absolute atomic E-state index is 14.7. The molecule has 1 amide bonds.